The lowest BCUT2D eigenvalue weighted by atomic mass is 9.84. The van der Waals surface area contributed by atoms with Crippen LogP contribution in [-0.4, -0.2) is 77.5 Å². The Hall–Kier alpha value is -4.14. The van der Waals surface area contributed by atoms with Crippen LogP contribution < -0.4 is 21.1 Å². The molecule has 0 amide bonds. The van der Waals surface area contributed by atoms with Gasteiger partial charge in [0.25, 0.3) is 0 Å². The molecule has 0 spiro atoms. The van der Waals surface area contributed by atoms with E-state index in [1.807, 2.05) is 0 Å². The van der Waals surface area contributed by atoms with Gasteiger partial charge < -0.3 is 20.1 Å². The fourth-order valence-corrected chi connectivity index (χ4v) is 6.06. The first-order valence-electron chi connectivity index (χ1n) is 13.6. The average molecular weight is 572 g/mol. The van der Waals surface area contributed by atoms with Gasteiger partial charge in [-0.1, -0.05) is 0 Å². The first kappa shape index (κ1) is 27.1. The molecule has 13 nitrogen and oxygen atoms in total. The van der Waals surface area contributed by atoms with Crippen molar-refractivity contribution in [1.82, 2.24) is 34.7 Å². The fourth-order valence-electron chi connectivity index (χ4n) is 6.06. The van der Waals surface area contributed by atoms with E-state index < -0.39 is 29.4 Å². The molecule has 0 aliphatic carbocycles. The molecule has 15 heteroatoms. The van der Waals surface area contributed by atoms with Crippen LogP contribution in [0.2, 0.25) is 0 Å². The Bertz CT molecular complexity index is 1540. The van der Waals surface area contributed by atoms with Crippen molar-refractivity contribution in [2.24, 2.45) is 7.05 Å². The minimum Gasteiger partial charge on any atom is -0.476 e. The predicted molar refractivity (Wildman–Crippen MR) is 142 cm³/mol. The molecule has 0 radical (unpaired) electrons. The number of aromatic nitrogens is 6. The van der Waals surface area contributed by atoms with E-state index in [0.29, 0.717) is 6.04 Å². The number of anilines is 3. The summed E-state index contributed by atoms with van der Waals surface area (Å²) in [6.07, 6.45) is 4.27. The van der Waals surface area contributed by atoms with Gasteiger partial charge in [0.05, 0.1) is 18.5 Å². The summed E-state index contributed by atoms with van der Waals surface area (Å²) in [6.45, 7) is 5.65. The molecule has 1 aromatic carbocycles. The normalized spacial score (nSPS) is 23.7. The number of fused-ring (bicyclic) bond motifs is 1. The van der Waals surface area contributed by atoms with Crippen molar-refractivity contribution in [3.8, 4) is 11.4 Å². The number of rotatable bonds is 7. The molecule has 218 valence electrons. The molecule has 0 saturated carbocycles. The maximum Gasteiger partial charge on any atom is 0.368 e. The fraction of sp³-hybridized carbons (Fsp3) is 0.538. The summed E-state index contributed by atoms with van der Waals surface area (Å²) in [5.74, 6) is -2.16. The number of cyclic esters (lactones) is 1. The molecule has 3 aromatic rings. The van der Waals surface area contributed by atoms with E-state index in [0.717, 1.165) is 53.9 Å². The molecule has 6 rings (SSSR count). The summed E-state index contributed by atoms with van der Waals surface area (Å²) in [6, 6.07) is 2.72. The van der Waals surface area contributed by atoms with Crippen molar-refractivity contribution in [2.45, 2.75) is 69.7 Å². The predicted octanol–water partition coefficient (Wildman–Crippen LogP) is 2.29. The Balaban J connectivity index is 1.28. The third-order valence-electron chi connectivity index (χ3n) is 7.94. The Morgan fingerprint density at radius 2 is 1.98 bits per heavy atom. The summed E-state index contributed by atoms with van der Waals surface area (Å²) in [5.41, 5.74) is -0.754. The number of piperidine rings is 1. The number of carbonyl (C=O) groups is 1. The molecule has 5 heterocycles. The van der Waals surface area contributed by atoms with Gasteiger partial charge >= 0.3 is 11.7 Å². The molecule has 2 aromatic heterocycles. The van der Waals surface area contributed by atoms with Crippen LogP contribution in [0.5, 0.6) is 5.75 Å². The number of ether oxygens (including phenoxy) is 2. The highest BCUT2D eigenvalue weighted by molar-refractivity contribution is 5.77. The maximum atomic E-state index is 15.3. The smallest absolute Gasteiger partial charge is 0.368 e. The Kier molecular flexibility index (Phi) is 6.83. The van der Waals surface area contributed by atoms with Gasteiger partial charge in [-0.25, -0.2) is 23.4 Å². The van der Waals surface area contributed by atoms with Crippen LogP contribution in [0, 0.1) is 11.6 Å². The molecule has 3 fully saturated rings. The highest BCUT2D eigenvalue weighted by Crippen LogP contribution is 2.39. The molecule has 3 aliphatic rings. The SMILES string of the molecule is Cn1nnn(-c2cc(Nc3ncc(F)c(N[C@@H]4C[C@@H]5CCCN5C(C)(C)C4)n3)c(F)cc2OC2CCOC2=O)c1=O. The minimum atomic E-state index is -0.963. The van der Waals surface area contributed by atoms with Crippen LogP contribution >= 0.6 is 0 Å². The number of aryl methyl sites for hydroxylation is 1. The van der Waals surface area contributed by atoms with Crippen LogP contribution in [0.15, 0.2) is 23.1 Å². The summed E-state index contributed by atoms with van der Waals surface area (Å²) in [5, 5.41) is 13.5. The van der Waals surface area contributed by atoms with Crippen molar-refractivity contribution in [2.75, 3.05) is 23.8 Å². The highest BCUT2D eigenvalue weighted by atomic mass is 19.1. The van der Waals surface area contributed by atoms with Gasteiger partial charge in [-0.05, 0) is 62.6 Å². The molecule has 2 N–H and O–H groups in total. The van der Waals surface area contributed by atoms with Crippen LogP contribution in [0.25, 0.3) is 5.69 Å². The van der Waals surface area contributed by atoms with Crippen molar-refractivity contribution >= 4 is 23.4 Å². The third kappa shape index (κ3) is 5.21. The second-order valence-corrected chi connectivity index (χ2v) is 11.3. The number of carbonyl (C=O) groups excluding carboxylic acids is 1. The summed E-state index contributed by atoms with van der Waals surface area (Å²) >= 11 is 0. The van der Waals surface area contributed by atoms with Gasteiger partial charge in [-0.2, -0.15) is 14.3 Å². The lowest BCUT2D eigenvalue weighted by Crippen LogP contribution is -2.55. The number of hydrogen-bond donors (Lipinski definition) is 2. The van der Waals surface area contributed by atoms with Crippen LogP contribution in [-0.2, 0) is 16.6 Å². The monoisotopic (exact) mass is 571 g/mol. The quantitative estimate of drug-likeness (QED) is 0.404. The van der Waals surface area contributed by atoms with Crippen molar-refractivity contribution in [3.63, 3.8) is 0 Å². The van der Waals surface area contributed by atoms with Crippen LogP contribution in [0.4, 0.5) is 26.2 Å². The second-order valence-electron chi connectivity index (χ2n) is 11.3. The molecule has 3 atom stereocenters. The summed E-state index contributed by atoms with van der Waals surface area (Å²) in [4.78, 5) is 35.4. The van der Waals surface area contributed by atoms with E-state index in [-0.39, 0.29) is 53.5 Å². The zero-order valence-corrected chi connectivity index (χ0v) is 22.9. The standard InChI is InChI=1S/C26H31F2N9O4/c1-26(2)12-14(9-15-5-4-7-36(15)26)30-22-17(28)13-29-24(32-22)31-18-11-19(37-25(39)35(3)33-34-37)21(10-16(18)27)41-20-6-8-40-23(20)38/h10-11,13-15,20H,4-9,12H2,1-3H3,(H2,29,30,31,32)/t14-,15+,20?/m1/s1. The number of halogens is 2. The molecular weight excluding hydrogens is 540 g/mol. The largest absolute Gasteiger partial charge is 0.476 e. The average Bonchev–Trinajstić information content (AvgIpc) is 3.64. The first-order valence-corrected chi connectivity index (χ1v) is 13.6. The van der Waals surface area contributed by atoms with Gasteiger partial charge in [0, 0.05) is 37.2 Å². The highest BCUT2D eigenvalue weighted by Gasteiger charge is 2.43. The van der Waals surface area contributed by atoms with Crippen molar-refractivity contribution < 1.29 is 23.0 Å². The van der Waals surface area contributed by atoms with E-state index in [1.165, 1.54) is 13.1 Å². The zero-order chi connectivity index (χ0) is 28.9. The molecule has 3 saturated heterocycles. The van der Waals surface area contributed by atoms with Gasteiger partial charge in [0.15, 0.2) is 23.6 Å². The first-order chi connectivity index (χ1) is 19.6. The summed E-state index contributed by atoms with van der Waals surface area (Å²) in [7, 11) is 1.40. The second kappa shape index (κ2) is 10.4. The summed E-state index contributed by atoms with van der Waals surface area (Å²) < 4.78 is 42.7. The lowest BCUT2D eigenvalue weighted by Gasteiger charge is -2.47. The molecule has 3 aliphatic heterocycles. The Labute approximate surface area is 233 Å². The van der Waals surface area contributed by atoms with Gasteiger partial charge in [0.2, 0.25) is 5.95 Å². The van der Waals surface area contributed by atoms with E-state index in [4.69, 9.17) is 9.47 Å². The number of tetrazole rings is 1. The minimum absolute atomic E-state index is 0.00665. The van der Waals surface area contributed by atoms with E-state index in [2.05, 4.69) is 49.8 Å². The van der Waals surface area contributed by atoms with Crippen molar-refractivity contribution in [3.05, 3.63) is 40.4 Å². The molecule has 1 unspecified atom stereocenters. The molecule has 41 heavy (non-hydrogen) atoms. The Morgan fingerprint density at radius 1 is 1.15 bits per heavy atom. The Morgan fingerprint density at radius 3 is 2.71 bits per heavy atom. The van der Waals surface area contributed by atoms with E-state index >= 15 is 4.39 Å². The van der Waals surface area contributed by atoms with E-state index in [9.17, 15) is 14.0 Å². The topological polar surface area (TPSA) is 141 Å². The van der Waals surface area contributed by atoms with Crippen LogP contribution in [0.1, 0.15) is 46.0 Å². The number of nitrogens with zero attached hydrogens (tertiary/aromatic N) is 7. The third-order valence-corrected chi connectivity index (χ3v) is 7.94. The van der Waals surface area contributed by atoms with Gasteiger partial charge in [-0.15, -0.1) is 0 Å². The van der Waals surface area contributed by atoms with Crippen LogP contribution in [0.3, 0.4) is 0 Å². The van der Waals surface area contributed by atoms with Crippen molar-refractivity contribution in [1.29, 1.82) is 0 Å². The number of esters is 1. The van der Waals surface area contributed by atoms with E-state index in [1.54, 1.807) is 0 Å². The number of benzene rings is 1. The molecular formula is C26H31F2N9O4. The number of hydrogen-bond acceptors (Lipinski definition) is 11. The molecule has 0 bridgehead atoms. The van der Waals surface area contributed by atoms with Gasteiger partial charge in [0.1, 0.15) is 11.4 Å². The zero-order valence-electron chi connectivity index (χ0n) is 22.9. The number of nitrogens with one attached hydrogen (secondary N) is 2. The lowest BCUT2D eigenvalue weighted by molar-refractivity contribution is -0.143. The van der Waals surface area contributed by atoms with Gasteiger partial charge in [-0.3, -0.25) is 4.90 Å². The maximum absolute atomic E-state index is 15.3.